The van der Waals surface area contributed by atoms with Crippen LogP contribution in [0.25, 0.3) is 11.0 Å². The molecule has 4 saturated carbocycles. The van der Waals surface area contributed by atoms with Gasteiger partial charge in [-0.1, -0.05) is 30.7 Å². The average molecular weight is 455 g/mol. The summed E-state index contributed by atoms with van der Waals surface area (Å²) in [6.07, 6.45) is 10.5. The Morgan fingerprint density at radius 2 is 1.74 bits per heavy atom. The highest BCUT2D eigenvalue weighted by atomic mass is 16.1. The maximum Gasteiger partial charge on any atom is 0.257 e. The Kier molecular flexibility index (Phi) is 4.83. The van der Waals surface area contributed by atoms with Gasteiger partial charge in [0.25, 0.3) is 5.91 Å². The van der Waals surface area contributed by atoms with Crippen LogP contribution in [0.2, 0.25) is 0 Å². The number of carbonyl (C=O) groups excluding carboxylic acids is 1. The number of likely N-dealkylation sites (tertiary alicyclic amines) is 1. The quantitative estimate of drug-likeness (QED) is 0.529. The number of imidazole rings is 1. The van der Waals surface area contributed by atoms with Crippen LogP contribution in [0.15, 0.2) is 48.5 Å². The Hall–Kier alpha value is -2.66. The molecule has 1 saturated heterocycles. The predicted octanol–water partition coefficient (Wildman–Crippen LogP) is 5.81. The Bertz CT molecular complexity index is 1210. The third-order valence-corrected chi connectivity index (χ3v) is 9.23. The van der Waals surface area contributed by atoms with Gasteiger partial charge in [-0.25, -0.2) is 4.98 Å². The van der Waals surface area contributed by atoms with Crippen LogP contribution in [0.3, 0.4) is 0 Å². The molecule has 4 aliphatic carbocycles. The number of rotatable bonds is 5. The molecule has 5 fully saturated rings. The number of hydrogen-bond donors (Lipinski definition) is 1. The van der Waals surface area contributed by atoms with Crippen LogP contribution in [0.1, 0.15) is 67.3 Å². The first kappa shape index (κ1) is 20.7. The van der Waals surface area contributed by atoms with E-state index in [1.54, 1.807) is 0 Å². The molecule has 34 heavy (non-hydrogen) atoms. The third kappa shape index (κ3) is 3.31. The Balaban J connectivity index is 1.31. The smallest absolute Gasteiger partial charge is 0.257 e. The maximum atomic E-state index is 13.2. The first-order chi connectivity index (χ1) is 16.7. The van der Waals surface area contributed by atoms with Crippen LogP contribution >= 0.6 is 0 Å². The summed E-state index contributed by atoms with van der Waals surface area (Å²) in [5, 5.41) is 3.23. The van der Waals surface area contributed by atoms with Crippen molar-refractivity contribution in [1.82, 2.24) is 14.5 Å². The van der Waals surface area contributed by atoms with Gasteiger partial charge in [0, 0.05) is 12.1 Å². The van der Waals surface area contributed by atoms with Crippen molar-refractivity contribution in [3.8, 4) is 0 Å². The number of hydrogen-bond acceptors (Lipinski definition) is 3. The SMILES string of the molecule is O=C(Nc1nc2ccc(CN3CCCCC3)cc2n1C12CC3CC(CC1C3)C2)c1ccccc1. The van der Waals surface area contributed by atoms with Crippen molar-refractivity contribution in [2.45, 2.75) is 63.5 Å². The molecule has 4 bridgehead atoms. The molecule has 5 nitrogen and oxygen atoms in total. The molecule has 5 heteroatoms. The lowest BCUT2D eigenvalue weighted by atomic mass is 9.80. The number of carbonyl (C=O) groups is 1. The van der Waals surface area contributed by atoms with Crippen LogP contribution in [0.5, 0.6) is 0 Å². The van der Waals surface area contributed by atoms with Crippen LogP contribution < -0.4 is 5.32 Å². The molecule has 5 aliphatic rings. The molecule has 0 radical (unpaired) electrons. The molecule has 2 atom stereocenters. The molecule has 176 valence electrons. The lowest BCUT2D eigenvalue weighted by Crippen LogP contribution is -2.36. The van der Waals surface area contributed by atoms with Crippen molar-refractivity contribution < 1.29 is 4.79 Å². The number of nitrogens with one attached hydrogen (secondary N) is 1. The molecular weight excluding hydrogens is 420 g/mol. The van der Waals surface area contributed by atoms with Gasteiger partial charge in [0.15, 0.2) is 0 Å². The second-order valence-corrected chi connectivity index (χ2v) is 11.4. The van der Waals surface area contributed by atoms with E-state index in [-0.39, 0.29) is 11.4 Å². The van der Waals surface area contributed by atoms with Crippen molar-refractivity contribution in [2.24, 2.45) is 17.8 Å². The summed E-state index contributed by atoms with van der Waals surface area (Å²) in [5.41, 5.74) is 4.38. The van der Waals surface area contributed by atoms with Gasteiger partial charge in [0.1, 0.15) is 0 Å². The molecule has 1 N–H and O–H groups in total. The number of anilines is 1. The topological polar surface area (TPSA) is 50.2 Å². The van der Waals surface area contributed by atoms with Gasteiger partial charge in [0.2, 0.25) is 5.95 Å². The van der Waals surface area contributed by atoms with Crippen molar-refractivity contribution in [1.29, 1.82) is 0 Å². The average Bonchev–Trinajstić information content (AvgIpc) is 3.42. The molecule has 0 spiro atoms. The predicted molar refractivity (Wildman–Crippen MR) is 135 cm³/mol. The minimum absolute atomic E-state index is 0.0696. The molecule has 1 amide bonds. The fourth-order valence-electron chi connectivity index (χ4n) is 8.01. The zero-order valence-corrected chi connectivity index (χ0v) is 19.9. The zero-order valence-electron chi connectivity index (χ0n) is 19.9. The summed E-state index contributed by atoms with van der Waals surface area (Å²) < 4.78 is 2.49. The second kappa shape index (κ2) is 7.94. The summed E-state index contributed by atoms with van der Waals surface area (Å²) >= 11 is 0. The third-order valence-electron chi connectivity index (χ3n) is 9.23. The molecule has 2 heterocycles. The number of piperidine rings is 1. The Labute approximate surface area is 201 Å². The fourth-order valence-corrected chi connectivity index (χ4v) is 8.01. The van der Waals surface area contributed by atoms with Crippen LogP contribution in [-0.4, -0.2) is 33.4 Å². The first-order valence-electron chi connectivity index (χ1n) is 13.3. The van der Waals surface area contributed by atoms with Gasteiger partial charge in [-0.15, -0.1) is 0 Å². The first-order valence-corrected chi connectivity index (χ1v) is 13.3. The van der Waals surface area contributed by atoms with E-state index >= 15 is 0 Å². The highest BCUT2D eigenvalue weighted by Gasteiger charge is 2.59. The van der Waals surface area contributed by atoms with Gasteiger partial charge in [-0.3, -0.25) is 15.0 Å². The van der Waals surface area contributed by atoms with E-state index in [9.17, 15) is 4.79 Å². The van der Waals surface area contributed by atoms with E-state index in [4.69, 9.17) is 4.98 Å². The van der Waals surface area contributed by atoms with E-state index in [2.05, 4.69) is 33.0 Å². The van der Waals surface area contributed by atoms with Gasteiger partial charge < -0.3 is 4.57 Å². The van der Waals surface area contributed by atoms with Gasteiger partial charge in [-0.05, 0) is 106 Å². The largest absolute Gasteiger partial charge is 0.303 e. The maximum absolute atomic E-state index is 13.2. The number of aromatic nitrogens is 2. The number of nitrogens with zero attached hydrogens (tertiary/aromatic N) is 3. The second-order valence-electron chi connectivity index (χ2n) is 11.4. The fraction of sp³-hybridized carbons (Fsp3) is 0.517. The molecule has 1 aromatic heterocycles. The summed E-state index contributed by atoms with van der Waals surface area (Å²) in [5.74, 6) is 3.06. The van der Waals surface area contributed by atoms with E-state index in [0.29, 0.717) is 11.5 Å². The van der Waals surface area contributed by atoms with Crippen molar-refractivity contribution >= 4 is 22.9 Å². The van der Waals surface area contributed by atoms with Gasteiger partial charge in [0.05, 0.1) is 16.6 Å². The van der Waals surface area contributed by atoms with E-state index in [1.165, 1.54) is 75.5 Å². The van der Waals surface area contributed by atoms with E-state index in [1.807, 2.05) is 30.3 Å². The minimum atomic E-state index is -0.0696. The standard InChI is InChI=1S/C29H34N4O/c34-27(23-7-3-1-4-8-23)31-28-30-25-10-9-20(19-32-11-5-2-6-12-32)16-26(25)33(28)29-17-21-13-22(18-29)15-24(29)14-21/h1,3-4,7-10,16,21-22,24H,2,5-6,11-15,17-19H2,(H,30,31,34). The molecular formula is C29H34N4O. The molecule has 1 aliphatic heterocycles. The number of benzene rings is 2. The number of amides is 1. The van der Waals surface area contributed by atoms with Crippen molar-refractivity contribution in [3.63, 3.8) is 0 Å². The van der Waals surface area contributed by atoms with Crippen LogP contribution in [0, 0.1) is 17.8 Å². The lowest BCUT2D eigenvalue weighted by Gasteiger charge is -2.36. The number of fused-ring (bicyclic) bond motifs is 1. The van der Waals surface area contributed by atoms with Crippen molar-refractivity contribution in [2.75, 3.05) is 18.4 Å². The summed E-state index contributed by atoms with van der Waals surface area (Å²) in [6, 6.07) is 16.3. The van der Waals surface area contributed by atoms with Gasteiger partial charge in [-0.2, -0.15) is 0 Å². The Morgan fingerprint density at radius 1 is 0.971 bits per heavy atom. The zero-order chi connectivity index (χ0) is 22.7. The summed E-state index contributed by atoms with van der Waals surface area (Å²) in [6.45, 7) is 3.41. The van der Waals surface area contributed by atoms with Crippen molar-refractivity contribution in [3.05, 3.63) is 59.7 Å². The summed E-state index contributed by atoms with van der Waals surface area (Å²) in [7, 11) is 0. The molecule has 3 aromatic rings. The molecule has 2 aromatic carbocycles. The molecule has 8 rings (SSSR count). The van der Waals surface area contributed by atoms with Crippen LogP contribution in [0.4, 0.5) is 5.95 Å². The lowest BCUT2D eigenvalue weighted by molar-refractivity contribution is 0.102. The monoisotopic (exact) mass is 454 g/mol. The summed E-state index contributed by atoms with van der Waals surface area (Å²) in [4.78, 5) is 20.8. The van der Waals surface area contributed by atoms with E-state index < -0.39 is 0 Å². The highest BCUT2D eigenvalue weighted by molar-refractivity contribution is 6.04. The Morgan fingerprint density at radius 3 is 2.50 bits per heavy atom. The highest BCUT2D eigenvalue weighted by Crippen LogP contribution is 2.65. The minimum Gasteiger partial charge on any atom is -0.303 e. The van der Waals surface area contributed by atoms with Gasteiger partial charge >= 0.3 is 0 Å². The van der Waals surface area contributed by atoms with E-state index in [0.717, 1.165) is 29.8 Å². The normalized spacial score (nSPS) is 30.3. The van der Waals surface area contributed by atoms with Crippen LogP contribution in [-0.2, 0) is 12.1 Å². The molecule has 2 unspecified atom stereocenters.